The molecule has 4 nitrogen and oxygen atoms in total. The molecule has 1 aromatic rings. The summed E-state index contributed by atoms with van der Waals surface area (Å²) in [5.41, 5.74) is 7.45. The van der Waals surface area contributed by atoms with Crippen molar-refractivity contribution in [1.29, 1.82) is 0 Å². The van der Waals surface area contributed by atoms with Crippen LogP contribution in [0.4, 0.5) is 11.5 Å². The first-order valence-electron chi connectivity index (χ1n) is 5.80. The number of nitrogen functional groups attached to an aromatic ring is 1. The van der Waals surface area contributed by atoms with Gasteiger partial charge < -0.3 is 15.8 Å². The van der Waals surface area contributed by atoms with Gasteiger partial charge in [0.25, 0.3) is 0 Å². The number of nitrogens with one attached hydrogen (secondary N) is 1. The molecule has 4 heteroatoms. The molecule has 3 N–H and O–H groups in total. The van der Waals surface area contributed by atoms with E-state index in [9.17, 15) is 0 Å². The van der Waals surface area contributed by atoms with Crippen molar-refractivity contribution in [2.45, 2.75) is 19.8 Å². The Hall–Kier alpha value is -1.29. The van der Waals surface area contributed by atoms with Crippen molar-refractivity contribution in [3.05, 3.63) is 17.8 Å². The number of hydrogen-bond acceptors (Lipinski definition) is 4. The van der Waals surface area contributed by atoms with Crippen molar-refractivity contribution in [2.24, 2.45) is 5.92 Å². The fraction of sp³-hybridized carbons (Fsp3) is 0.583. The van der Waals surface area contributed by atoms with Gasteiger partial charge in [0.2, 0.25) is 0 Å². The van der Waals surface area contributed by atoms with E-state index in [-0.39, 0.29) is 0 Å². The number of nitrogens with zero attached hydrogens (tertiary/aromatic N) is 1. The fourth-order valence-electron chi connectivity index (χ4n) is 1.49. The lowest BCUT2D eigenvalue weighted by molar-refractivity contribution is 0.134. The van der Waals surface area contributed by atoms with E-state index in [1.807, 2.05) is 19.1 Å². The second-order valence-corrected chi connectivity index (χ2v) is 4.34. The molecule has 0 radical (unpaired) electrons. The minimum absolute atomic E-state index is 0.688. The Morgan fingerprint density at radius 2 is 2.31 bits per heavy atom. The standard InChI is InChI=1S/C12H19N3O/c1-9-2-5-11(13)12(15-9)14-6-7-16-8-10-3-4-10/h2,5,10H,3-4,6-8,13H2,1H3,(H,14,15). The van der Waals surface area contributed by atoms with E-state index in [0.29, 0.717) is 12.3 Å². The summed E-state index contributed by atoms with van der Waals surface area (Å²) in [6.07, 6.45) is 2.67. The molecule has 0 aliphatic heterocycles. The molecule has 1 heterocycles. The van der Waals surface area contributed by atoms with Crippen LogP contribution < -0.4 is 11.1 Å². The Morgan fingerprint density at radius 1 is 1.50 bits per heavy atom. The summed E-state index contributed by atoms with van der Waals surface area (Å²) in [5, 5.41) is 3.19. The number of pyridine rings is 1. The SMILES string of the molecule is Cc1ccc(N)c(NCCOCC2CC2)n1. The first kappa shape index (κ1) is 11.2. The van der Waals surface area contributed by atoms with Crippen LogP contribution in [0.2, 0.25) is 0 Å². The zero-order valence-corrected chi connectivity index (χ0v) is 9.70. The number of nitrogens with two attached hydrogens (primary N) is 1. The maximum absolute atomic E-state index is 5.80. The molecule has 0 aromatic carbocycles. The minimum Gasteiger partial charge on any atom is -0.396 e. The summed E-state index contributed by atoms with van der Waals surface area (Å²) in [7, 11) is 0. The van der Waals surface area contributed by atoms with Crippen LogP contribution >= 0.6 is 0 Å². The lowest BCUT2D eigenvalue weighted by Gasteiger charge is -2.09. The molecule has 0 saturated heterocycles. The van der Waals surface area contributed by atoms with Crippen molar-refractivity contribution in [3.8, 4) is 0 Å². The number of aromatic nitrogens is 1. The third-order valence-corrected chi connectivity index (χ3v) is 2.66. The summed E-state index contributed by atoms with van der Waals surface area (Å²) < 4.78 is 5.52. The number of hydrogen-bond donors (Lipinski definition) is 2. The van der Waals surface area contributed by atoms with E-state index in [0.717, 1.165) is 30.6 Å². The van der Waals surface area contributed by atoms with Crippen LogP contribution in [0, 0.1) is 12.8 Å². The second kappa shape index (κ2) is 5.16. The van der Waals surface area contributed by atoms with Crippen molar-refractivity contribution >= 4 is 11.5 Å². The molecule has 1 aliphatic carbocycles. The predicted molar refractivity (Wildman–Crippen MR) is 65.4 cm³/mol. The molecule has 2 rings (SSSR count). The zero-order valence-electron chi connectivity index (χ0n) is 9.70. The van der Waals surface area contributed by atoms with Gasteiger partial charge in [0.05, 0.1) is 12.3 Å². The molecular formula is C12H19N3O. The van der Waals surface area contributed by atoms with Gasteiger partial charge in [-0.15, -0.1) is 0 Å². The highest BCUT2D eigenvalue weighted by molar-refractivity contribution is 5.61. The van der Waals surface area contributed by atoms with Gasteiger partial charge in [-0.3, -0.25) is 0 Å². The van der Waals surface area contributed by atoms with Crippen LogP contribution in [0.3, 0.4) is 0 Å². The molecule has 16 heavy (non-hydrogen) atoms. The topological polar surface area (TPSA) is 60.2 Å². The van der Waals surface area contributed by atoms with Crippen LogP contribution in [0.25, 0.3) is 0 Å². The molecule has 0 atom stereocenters. The van der Waals surface area contributed by atoms with Crippen molar-refractivity contribution in [1.82, 2.24) is 4.98 Å². The third kappa shape index (κ3) is 3.38. The van der Waals surface area contributed by atoms with Crippen LogP contribution in [-0.4, -0.2) is 24.7 Å². The molecule has 0 unspecified atom stereocenters. The quantitative estimate of drug-likeness (QED) is 0.719. The molecule has 1 saturated carbocycles. The summed E-state index contributed by atoms with van der Waals surface area (Å²) >= 11 is 0. The summed E-state index contributed by atoms with van der Waals surface area (Å²) in [5.74, 6) is 1.58. The van der Waals surface area contributed by atoms with E-state index >= 15 is 0 Å². The molecule has 0 spiro atoms. The highest BCUT2D eigenvalue weighted by Crippen LogP contribution is 2.28. The van der Waals surface area contributed by atoms with Gasteiger partial charge in [0, 0.05) is 18.8 Å². The highest BCUT2D eigenvalue weighted by Gasteiger charge is 2.20. The molecule has 0 bridgehead atoms. The number of aryl methyl sites for hydroxylation is 1. The lowest BCUT2D eigenvalue weighted by Crippen LogP contribution is -2.13. The lowest BCUT2D eigenvalue weighted by atomic mass is 10.3. The smallest absolute Gasteiger partial charge is 0.149 e. The van der Waals surface area contributed by atoms with E-state index in [4.69, 9.17) is 10.5 Å². The van der Waals surface area contributed by atoms with E-state index in [2.05, 4.69) is 10.3 Å². The fourth-order valence-corrected chi connectivity index (χ4v) is 1.49. The van der Waals surface area contributed by atoms with Gasteiger partial charge in [0.1, 0.15) is 5.82 Å². The van der Waals surface area contributed by atoms with Crippen molar-refractivity contribution in [2.75, 3.05) is 30.8 Å². The monoisotopic (exact) mass is 221 g/mol. The predicted octanol–water partition coefficient (Wildman–Crippen LogP) is 1.81. The Bertz CT molecular complexity index is 350. The Labute approximate surface area is 96.2 Å². The van der Waals surface area contributed by atoms with Gasteiger partial charge in [-0.1, -0.05) is 0 Å². The maximum atomic E-state index is 5.80. The molecule has 1 aromatic heterocycles. The van der Waals surface area contributed by atoms with Gasteiger partial charge in [-0.05, 0) is 37.8 Å². The Kier molecular flexibility index (Phi) is 3.62. The zero-order chi connectivity index (χ0) is 11.4. The molecule has 88 valence electrons. The van der Waals surface area contributed by atoms with Gasteiger partial charge in [-0.25, -0.2) is 4.98 Å². The molecule has 1 fully saturated rings. The van der Waals surface area contributed by atoms with Gasteiger partial charge in [-0.2, -0.15) is 0 Å². The highest BCUT2D eigenvalue weighted by atomic mass is 16.5. The molecular weight excluding hydrogens is 202 g/mol. The average molecular weight is 221 g/mol. The first-order valence-corrected chi connectivity index (χ1v) is 5.80. The summed E-state index contributed by atoms with van der Waals surface area (Å²) in [4.78, 5) is 4.33. The minimum atomic E-state index is 0.688. The van der Waals surface area contributed by atoms with E-state index < -0.39 is 0 Å². The summed E-state index contributed by atoms with van der Waals surface area (Å²) in [6.45, 7) is 4.32. The van der Waals surface area contributed by atoms with Crippen molar-refractivity contribution < 1.29 is 4.74 Å². The summed E-state index contributed by atoms with van der Waals surface area (Å²) in [6, 6.07) is 3.78. The van der Waals surface area contributed by atoms with Crippen LogP contribution in [0.15, 0.2) is 12.1 Å². The van der Waals surface area contributed by atoms with Gasteiger partial charge in [0.15, 0.2) is 0 Å². The Balaban J connectivity index is 1.69. The molecule has 0 amide bonds. The second-order valence-electron chi connectivity index (χ2n) is 4.34. The normalized spacial score (nSPS) is 15.1. The first-order chi connectivity index (χ1) is 7.75. The third-order valence-electron chi connectivity index (χ3n) is 2.66. The van der Waals surface area contributed by atoms with Crippen LogP contribution in [0.5, 0.6) is 0 Å². The largest absolute Gasteiger partial charge is 0.396 e. The van der Waals surface area contributed by atoms with E-state index in [1.165, 1.54) is 12.8 Å². The maximum Gasteiger partial charge on any atom is 0.149 e. The van der Waals surface area contributed by atoms with E-state index in [1.54, 1.807) is 0 Å². The Morgan fingerprint density at radius 3 is 3.06 bits per heavy atom. The van der Waals surface area contributed by atoms with Crippen LogP contribution in [0.1, 0.15) is 18.5 Å². The average Bonchev–Trinajstić information content (AvgIpc) is 3.06. The number of ether oxygens (including phenoxy) is 1. The van der Waals surface area contributed by atoms with Gasteiger partial charge >= 0.3 is 0 Å². The number of anilines is 2. The van der Waals surface area contributed by atoms with Crippen molar-refractivity contribution in [3.63, 3.8) is 0 Å². The molecule has 1 aliphatic rings. The number of rotatable bonds is 6. The van der Waals surface area contributed by atoms with Crippen LogP contribution in [-0.2, 0) is 4.74 Å².